The molecule has 1 amide bonds. The van der Waals surface area contributed by atoms with E-state index in [-0.39, 0.29) is 30.4 Å². The molecule has 1 heterocycles. The summed E-state index contributed by atoms with van der Waals surface area (Å²) in [5.41, 5.74) is 5.89. The highest BCUT2D eigenvalue weighted by Crippen LogP contribution is 2.20. The summed E-state index contributed by atoms with van der Waals surface area (Å²) in [7, 11) is 0. The maximum absolute atomic E-state index is 12.0. The van der Waals surface area contributed by atoms with E-state index in [0.717, 1.165) is 43.6 Å². The molecule has 4 atom stereocenters. The Morgan fingerprint density at radius 2 is 1.95 bits per heavy atom. The number of nitrogens with two attached hydrogens (primary N) is 1. The van der Waals surface area contributed by atoms with Crippen molar-refractivity contribution in [1.82, 2.24) is 10.2 Å². The van der Waals surface area contributed by atoms with Crippen LogP contribution in [-0.2, 0) is 4.79 Å². The minimum atomic E-state index is -0.371. The van der Waals surface area contributed by atoms with Gasteiger partial charge in [0.1, 0.15) is 0 Å². The van der Waals surface area contributed by atoms with Gasteiger partial charge in [-0.05, 0) is 43.6 Å². The molecule has 1 aliphatic rings. The third-order valence-electron chi connectivity index (χ3n) is 3.83. The molecule has 21 heavy (non-hydrogen) atoms. The molecule has 0 radical (unpaired) electrons. The molecule has 1 rings (SSSR count). The summed E-state index contributed by atoms with van der Waals surface area (Å²) in [5, 5.41) is 3.05. The van der Waals surface area contributed by atoms with Crippen LogP contribution in [0.15, 0.2) is 0 Å². The van der Waals surface area contributed by atoms with E-state index in [1.165, 1.54) is 6.42 Å². The van der Waals surface area contributed by atoms with Gasteiger partial charge in [0.25, 0.3) is 0 Å². The molecule has 0 aliphatic carbocycles. The Balaban J connectivity index is 0.00000400. The first-order valence-corrected chi connectivity index (χ1v) is 9.09. The fourth-order valence-corrected chi connectivity index (χ4v) is 3.59. The highest BCUT2D eigenvalue weighted by atomic mass is 35.5. The summed E-state index contributed by atoms with van der Waals surface area (Å²) in [6.07, 6.45) is 4.10. The number of thioether (sulfide) groups is 1. The van der Waals surface area contributed by atoms with Crippen molar-refractivity contribution in [3.63, 3.8) is 0 Å². The van der Waals surface area contributed by atoms with Crippen LogP contribution in [-0.4, -0.2) is 54.5 Å². The number of amides is 1. The average Bonchev–Trinajstić information content (AvgIpc) is 2.34. The van der Waals surface area contributed by atoms with E-state index in [1.807, 2.05) is 6.26 Å². The molecule has 0 bridgehead atoms. The van der Waals surface area contributed by atoms with Crippen LogP contribution in [0.1, 0.15) is 33.6 Å². The highest BCUT2D eigenvalue weighted by Gasteiger charge is 2.24. The lowest BCUT2D eigenvalue weighted by Gasteiger charge is -2.36. The Hall–Kier alpha value is 0.0300. The van der Waals surface area contributed by atoms with Crippen molar-refractivity contribution in [2.45, 2.75) is 45.7 Å². The van der Waals surface area contributed by atoms with Gasteiger partial charge in [0.2, 0.25) is 5.91 Å². The van der Waals surface area contributed by atoms with E-state index in [9.17, 15) is 4.79 Å². The Morgan fingerprint density at radius 1 is 1.38 bits per heavy atom. The van der Waals surface area contributed by atoms with E-state index in [4.69, 9.17) is 5.73 Å². The lowest BCUT2D eigenvalue weighted by molar-refractivity contribution is -0.123. The number of carbonyl (C=O) groups is 1. The number of nitrogens with one attached hydrogen (secondary N) is 1. The Bertz CT molecular complexity index is 297. The van der Waals surface area contributed by atoms with Gasteiger partial charge >= 0.3 is 0 Å². The zero-order valence-electron chi connectivity index (χ0n) is 13.8. The number of hydrogen-bond acceptors (Lipinski definition) is 4. The average molecular weight is 338 g/mol. The first-order chi connectivity index (χ1) is 9.42. The molecule has 0 aromatic carbocycles. The predicted molar refractivity (Wildman–Crippen MR) is 95.2 cm³/mol. The number of rotatable bonds is 7. The van der Waals surface area contributed by atoms with Gasteiger partial charge in [0.15, 0.2) is 0 Å². The first-order valence-electron chi connectivity index (χ1n) is 7.69. The summed E-state index contributed by atoms with van der Waals surface area (Å²) in [6, 6.07) is -0.204. The molecule has 3 N–H and O–H groups in total. The third-order valence-corrected chi connectivity index (χ3v) is 4.48. The normalized spacial score (nSPS) is 25.8. The molecule has 0 aromatic rings. The lowest BCUT2D eigenvalue weighted by Crippen LogP contribution is -2.50. The summed E-state index contributed by atoms with van der Waals surface area (Å²) in [6.45, 7) is 9.90. The lowest BCUT2D eigenvalue weighted by atomic mass is 9.92. The second-order valence-electron chi connectivity index (χ2n) is 6.46. The molecular weight excluding hydrogens is 306 g/mol. The Kier molecular flexibility index (Phi) is 10.7. The van der Waals surface area contributed by atoms with Crippen molar-refractivity contribution in [3.8, 4) is 0 Å². The molecule has 1 saturated heterocycles. The third kappa shape index (κ3) is 8.29. The van der Waals surface area contributed by atoms with Crippen molar-refractivity contribution in [2.24, 2.45) is 17.6 Å². The highest BCUT2D eigenvalue weighted by molar-refractivity contribution is 7.98. The Labute approximate surface area is 140 Å². The van der Waals surface area contributed by atoms with Crippen molar-refractivity contribution >= 4 is 30.1 Å². The molecule has 0 saturated carbocycles. The van der Waals surface area contributed by atoms with Gasteiger partial charge < -0.3 is 16.0 Å². The molecule has 6 heteroatoms. The number of carbonyl (C=O) groups excluding carboxylic acids is 1. The van der Waals surface area contributed by atoms with Crippen molar-refractivity contribution < 1.29 is 4.79 Å². The van der Waals surface area contributed by atoms with Crippen LogP contribution >= 0.6 is 24.2 Å². The number of halogens is 1. The van der Waals surface area contributed by atoms with Gasteiger partial charge in [-0.2, -0.15) is 11.8 Å². The van der Waals surface area contributed by atoms with Gasteiger partial charge in [-0.15, -0.1) is 12.4 Å². The summed E-state index contributed by atoms with van der Waals surface area (Å²) in [5.74, 6) is 2.44. The van der Waals surface area contributed by atoms with Crippen LogP contribution in [0.5, 0.6) is 0 Å². The number of nitrogens with zero attached hydrogens (tertiary/aromatic N) is 1. The zero-order valence-corrected chi connectivity index (χ0v) is 15.4. The van der Waals surface area contributed by atoms with E-state index in [2.05, 4.69) is 31.0 Å². The molecule has 4 nitrogen and oxygen atoms in total. The molecule has 3 unspecified atom stereocenters. The van der Waals surface area contributed by atoms with Gasteiger partial charge in [-0.25, -0.2) is 0 Å². The van der Waals surface area contributed by atoms with Gasteiger partial charge in [-0.3, -0.25) is 4.79 Å². The van der Waals surface area contributed by atoms with Crippen LogP contribution in [0.4, 0.5) is 0 Å². The topological polar surface area (TPSA) is 58.4 Å². The molecule has 0 spiro atoms. The van der Waals surface area contributed by atoms with Crippen molar-refractivity contribution in [1.29, 1.82) is 0 Å². The van der Waals surface area contributed by atoms with Crippen molar-refractivity contribution in [2.75, 3.05) is 31.6 Å². The number of hydrogen-bond donors (Lipinski definition) is 2. The van der Waals surface area contributed by atoms with Crippen LogP contribution in [0, 0.1) is 11.8 Å². The molecule has 1 aliphatic heterocycles. The largest absolute Gasteiger partial charge is 0.351 e. The van der Waals surface area contributed by atoms with Crippen molar-refractivity contribution in [3.05, 3.63) is 0 Å². The standard InChI is InChI=1S/C15H31N3OS.ClH/c1-11-7-12(2)9-18(8-11)10-13(3)17-15(19)14(16)5-6-20-4;/h11-14H,5-10,16H2,1-4H3,(H,17,19);1H/t11?,12?,13?,14-;/m0./s1. The minimum Gasteiger partial charge on any atom is -0.351 e. The second kappa shape index (κ2) is 10.7. The van der Waals surface area contributed by atoms with Gasteiger partial charge in [0.05, 0.1) is 6.04 Å². The molecule has 126 valence electrons. The molecule has 0 aromatic heterocycles. The van der Waals surface area contributed by atoms with E-state index >= 15 is 0 Å². The molecular formula is C15H32ClN3OS. The maximum Gasteiger partial charge on any atom is 0.237 e. The second-order valence-corrected chi connectivity index (χ2v) is 7.45. The Morgan fingerprint density at radius 3 is 2.48 bits per heavy atom. The summed E-state index contributed by atoms with van der Waals surface area (Å²) >= 11 is 1.73. The maximum atomic E-state index is 12.0. The van der Waals surface area contributed by atoms with Crippen LogP contribution in [0.3, 0.4) is 0 Å². The van der Waals surface area contributed by atoms with Gasteiger partial charge in [0, 0.05) is 25.7 Å². The monoisotopic (exact) mass is 337 g/mol. The van der Waals surface area contributed by atoms with Crippen LogP contribution in [0.2, 0.25) is 0 Å². The smallest absolute Gasteiger partial charge is 0.237 e. The summed E-state index contributed by atoms with van der Waals surface area (Å²) < 4.78 is 0. The fourth-order valence-electron chi connectivity index (χ4n) is 3.10. The minimum absolute atomic E-state index is 0. The quantitative estimate of drug-likeness (QED) is 0.745. The molecule has 1 fully saturated rings. The zero-order chi connectivity index (χ0) is 15.1. The van der Waals surface area contributed by atoms with E-state index in [0.29, 0.717) is 0 Å². The predicted octanol–water partition coefficient (Wildman–Crippen LogP) is 1.97. The fraction of sp³-hybridized carbons (Fsp3) is 0.933. The van der Waals surface area contributed by atoms with Crippen LogP contribution in [0.25, 0.3) is 0 Å². The first kappa shape index (κ1) is 21.0. The van der Waals surface area contributed by atoms with E-state index < -0.39 is 0 Å². The number of piperidine rings is 1. The van der Waals surface area contributed by atoms with E-state index in [1.54, 1.807) is 11.8 Å². The SMILES string of the molecule is CSCC[C@H](N)C(=O)NC(C)CN1CC(C)CC(C)C1.Cl. The van der Waals surface area contributed by atoms with Gasteiger partial charge in [-0.1, -0.05) is 13.8 Å². The van der Waals surface area contributed by atoms with Crippen LogP contribution < -0.4 is 11.1 Å². The number of likely N-dealkylation sites (tertiary alicyclic amines) is 1. The summed E-state index contributed by atoms with van der Waals surface area (Å²) in [4.78, 5) is 14.4.